The van der Waals surface area contributed by atoms with E-state index < -0.39 is 0 Å². The molecule has 2 nitrogen and oxygen atoms in total. The minimum absolute atomic E-state index is 0.192. The first-order valence-electron chi connectivity index (χ1n) is 5.64. The monoisotopic (exact) mass is 206 g/mol. The number of hydrogen-bond donors (Lipinski definition) is 1. The van der Waals surface area contributed by atoms with E-state index in [1.54, 1.807) is 0 Å². The standard InChI is InChI=1S/C13H18O2/c1-10(14)6-7-11-8-12-4-2-3-5-13(12)15-9-11/h2-5,10-11,14H,6-9H2,1H3/t10-,11?/m0/s1. The quantitative estimate of drug-likeness (QED) is 0.823. The topological polar surface area (TPSA) is 29.5 Å². The summed E-state index contributed by atoms with van der Waals surface area (Å²) >= 11 is 0. The van der Waals surface area contributed by atoms with Gasteiger partial charge in [-0.15, -0.1) is 0 Å². The highest BCUT2D eigenvalue weighted by molar-refractivity contribution is 5.34. The highest BCUT2D eigenvalue weighted by atomic mass is 16.5. The fourth-order valence-corrected chi connectivity index (χ4v) is 2.05. The average Bonchev–Trinajstić information content (AvgIpc) is 2.26. The summed E-state index contributed by atoms with van der Waals surface area (Å²) in [5, 5.41) is 9.24. The lowest BCUT2D eigenvalue weighted by Crippen LogP contribution is -2.21. The Morgan fingerprint density at radius 1 is 1.47 bits per heavy atom. The van der Waals surface area contributed by atoms with E-state index in [0.717, 1.165) is 31.6 Å². The van der Waals surface area contributed by atoms with Crippen LogP contribution in [0.4, 0.5) is 0 Å². The van der Waals surface area contributed by atoms with E-state index in [2.05, 4.69) is 12.1 Å². The summed E-state index contributed by atoms with van der Waals surface area (Å²) in [5.41, 5.74) is 1.30. The Morgan fingerprint density at radius 3 is 3.07 bits per heavy atom. The van der Waals surface area contributed by atoms with Crippen molar-refractivity contribution in [1.82, 2.24) is 0 Å². The maximum Gasteiger partial charge on any atom is 0.122 e. The van der Waals surface area contributed by atoms with E-state index >= 15 is 0 Å². The van der Waals surface area contributed by atoms with Crippen LogP contribution in [-0.2, 0) is 6.42 Å². The number of ether oxygens (including phenoxy) is 1. The summed E-state index contributed by atoms with van der Waals surface area (Å²) < 4.78 is 5.69. The van der Waals surface area contributed by atoms with E-state index in [-0.39, 0.29) is 6.10 Å². The fraction of sp³-hybridized carbons (Fsp3) is 0.538. The van der Waals surface area contributed by atoms with E-state index in [1.807, 2.05) is 19.1 Å². The van der Waals surface area contributed by atoms with Crippen LogP contribution in [0.1, 0.15) is 25.3 Å². The van der Waals surface area contributed by atoms with Crippen LogP contribution >= 0.6 is 0 Å². The minimum atomic E-state index is -0.192. The van der Waals surface area contributed by atoms with Crippen LogP contribution in [0.25, 0.3) is 0 Å². The van der Waals surface area contributed by atoms with Gasteiger partial charge in [-0.3, -0.25) is 0 Å². The van der Waals surface area contributed by atoms with Crippen molar-refractivity contribution in [3.05, 3.63) is 29.8 Å². The molecule has 0 aromatic heterocycles. The molecule has 0 radical (unpaired) electrons. The first-order valence-corrected chi connectivity index (χ1v) is 5.64. The smallest absolute Gasteiger partial charge is 0.122 e. The first kappa shape index (κ1) is 10.5. The molecule has 1 heterocycles. The molecule has 0 saturated heterocycles. The lowest BCUT2D eigenvalue weighted by Gasteiger charge is -2.25. The zero-order chi connectivity index (χ0) is 10.7. The molecular weight excluding hydrogens is 188 g/mol. The second-order valence-corrected chi connectivity index (χ2v) is 4.42. The van der Waals surface area contributed by atoms with Gasteiger partial charge >= 0.3 is 0 Å². The normalized spacial score (nSPS) is 21.6. The highest BCUT2D eigenvalue weighted by Gasteiger charge is 2.19. The van der Waals surface area contributed by atoms with E-state index in [0.29, 0.717) is 5.92 Å². The van der Waals surface area contributed by atoms with Crippen molar-refractivity contribution in [2.75, 3.05) is 6.61 Å². The van der Waals surface area contributed by atoms with Gasteiger partial charge in [-0.05, 0) is 43.7 Å². The molecule has 0 fully saturated rings. The molecule has 1 aliphatic heterocycles. The highest BCUT2D eigenvalue weighted by Crippen LogP contribution is 2.28. The number of hydrogen-bond acceptors (Lipinski definition) is 2. The summed E-state index contributed by atoms with van der Waals surface area (Å²) in [7, 11) is 0. The van der Waals surface area contributed by atoms with Crippen LogP contribution in [0, 0.1) is 5.92 Å². The van der Waals surface area contributed by atoms with Crippen LogP contribution in [0.5, 0.6) is 5.75 Å². The number of aliphatic hydroxyl groups excluding tert-OH is 1. The molecule has 0 bridgehead atoms. The molecule has 1 aromatic carbocycles. The molecule has 1 unspecified atom stereocenters. The first-order chi connectivity index (χ1) is 7.25. The maximum atomic E-state index is 9.24. The fourth-order valence-electron chi connectivity index (χ4n) is 2.05. The molecule has 2 atom stereocenters. The Labute approximate surface area is 90.9 Å². The Kier molecular flexibility index (Phi) is 3.27. The molecule has 0 saturated carbocycles. The zero-order valence-corrected chi connectivity index (χ0v) is 9.15. The molecule has 82 valence electrons. The van der Waals surface area contributed by atoms with E-state index in [9.17, 15) is 5.11 Å². The van der Waals surface area contributed by atoms with Crippen molar-refractivity contribution < 1.29 is 9.84 Å². The van der Waals surface area contributed by atoms with Gasteiger partial charge in [0, 0.05) is 0 Å². The largest absolute Gasteiger partial charge is 0.493 e. The van der Waals surface area contributed by atoms with Gasteiger partial charge in [0.2, 0.25) is 0 Å². The summed E-state index contributed by atoms with van der Waals surface area (Å²) in [6.07, 6.45) is 2.81. The summed E-state index contributed by atoms with van der Waals surface area (Å²) in [6.45, 7) is 2.64. The SMILES string of the molecule is C[C@H](O)CCC1COc2ccccc2C1. The Morgan fingerprint density at radius 2 is 2.27 bits per heavy atom. The number of para-hydroxylation sites is 1. The van der Waals surface area contributed by atoms with Crippen molar-refractivity contribution in [2.24, 2.45) is 5.92 Å². The number of aliphatic hydroxyl groups is 1. The van der Waals surface area contributed by atoms with Gasteiger partial charge in [0.1, 0.15) is 5.75 Å². The minimum Gasteiger partial charge on any atom is -0.493 e. The second-order valence-electron chi connectivity index (χ2n) is 4.42. The van der Waals surface area contributed by atoms with Gasteiger partial charge in [-0.1, -0.05) is 18.2 Å². The Bertz CT molecular complexity index is 320. The molecule has 0 aliphatic carbocycles. The average molecular weight is 206 g/mol. The van der Waals surface area contributed by atoms with Crippen LogP contribution in [-0.4, -0.2) is 17.8 Å². The van der Waals surface area contributed by atoms with Crippen molar-refractivity contribution >= 4 is 0 Å². The van der Waals surface area contributed by atoms with Gasteiger partial charge in [-0.25, -0.2) is 0 Å². The molecule has 1 aliphatic rings. The van der Waals surface area contributed by atoms with Crippen LogP contribution in [0.15, 0.2) is 24.3 Å². The number of fused-ring (bicyclic) bond motifs is 1. The van der Waals surface area contributed by atoms with Gasteiger partial charge < -0.3 is 9.84 Å². The lowest BCUT2D eigenvalue weighted by atomic mass is 9.92. The summed E-state index contributed by atoms with van der Waals surface area (Å²) in [6, 6.07) is 8.22. The number of benzene rings is 1. The van der Waals surface area contributed by atoms with Gasteiger partial charge in [0.25, 0.3) is 0 Å². The molecule has 0 amide bonds. The van der Waals surface area contributed by atoms with E-state index in [4.69, 9.17) is 4.74 Å². The van der Waals surface area contributed by atoms with Crippen molar-refractivity contribution in [3.63, 3.8) is 0 Å². The molecule has 2 rings (SSSR count). The molecule has 1 aromatic rings. The van der Waals surface area contributed by atoms with Crippen molar-refractivity contribution in [3.8, 4) is 5.75 Å². The third kappa shape index (κ3) is 2.72. The predicted molar refractivity (Wildman–Crippen MR) is 60.0 cm³/mol. The van der Waals surface area contributed by atoms with Crippen LogP contribution in [0.2, 0.25) is 0 Å². The summed E-state index contributed by atoms with van der Waals surface area (Å²) in [5.74, 6) is 1.60. The number of rotatable bonds is 3. The Hall–Kier alpha value is -1.02. The van der Waals surface area contributed by atoms with Gasteiger partial charge in [0.15, 0.2) is 0 Å². The summed E-state index contributed by atoms with van der Waals surface area (Å²) in [4.78, 5) is 0. The molecule has 15 heavy (non-hydrogen) atoms. The molecular formula is C13H18O2. The molecule has 2 heteroatoms. The third-order valence-electron chi connectivity index (χ3n) is 2.95. The zero-order valence-electron chi connectivity index (χ0n) is 9.15. The second kappa shape index (κ2) is 4.67. The maximum absolute atomic E-state index is 9.24. The molecule has 1 N–H and O–H groups in total. The van der Waals surface area contributed by atoms with Crippen LogP contribution < -0.4 is 4.74 Å². The van der Waals surface area contributed by atoms with Gasteiger partial charge in [0.05, 0.1) is 12.7 Å². The van der Waals surface area contributed by atoms with Gasteiger partial charge in [-0.2, -0.15) is 0 Å². The molecule has 0 spiro atoms. The van der Waals surface area contributed by atoms with Crippen molar-refractivity contribution in [2.45, 2.75) is 32.3 Å². The van der Waals surface area contributed by atoms with Crippen LogP contribution in [0.3, 0.4) is 0 Å². The van der Waals surface area contributed by atoms with E-state index in [1.165, 1.54) is 5.56 Å². The third-order valence-corrected chi connectivity index (χ3v) is 2.95. The Balaban J connectivity index is 1.94. The predicted octanol–water partition coefficient (Wildman–Crippen LogP) is 2.40. The lowest BCUT2D eigenvalue weighted by molar-refractivity contribution is 0.153. The van der Waals surface area contributed by atoms with Crippen molar-refractivity contribution in [1.29, 1.82) is 0 Å².